The van der Waals surface area contributed by atoms with Crippen molar-refractivity contribution in [2.45, 2.75) is 39.9 Å². The summed E-state index contributed by atoms with van der Waals surface area (Å²) in [4.78, 5) is 0. The van der Waals surface area contributed by atoms with E-state index in [1.807, 2.05) is 27.7 Å². The molecule has 0 saturated heterocycles. The van der Waals surface area contributed by atoms with Gasteiger partial charge < -0.3 is 9.05 Å². The predicted octanol–water partition coefficient (Wildman–Crippen LogP) is 4.13. The van der Waals surface area contributed by atoms with Gasteiger partial charge in [-0.05, 0) is 46.5 Å². The molecule has 10 heteroatoms. The van der Waals surface area contributed by atoms with Crippen molar-refractivity contribution in [1.82, 2.24) is 4.67 Å². The molecule has 0 amide bonds. The Labute approximate surface area is 137 Å². The molecule has 0 heterocycles. The Morgan fingerprint density at radius 2 is 1.52 bits per heavy atom. The summed E-state index contributed by atoms with van der Waals surface area (Å²) < 4.78 is 35.9. The highest BCUT2D eigenvalue weighted by molar-refractivity contribution is 8.67. The van der Waals surface area contributed by atoms with Crippen molar-refractivity contribution < 1.29 is 22.7 Å². The lowest BCUT2D eigenvalue weighted by Gasteiger charge is -2.30. The van der Waals surface area contributed by atoms with Crippen LogP contribution in [0.5, 0.6) is 0 Å². The second kappa shape index (κ2) is 10.0. The third-order valence-corrected chi connectivity index (χ3v) is 10.4. The predicted molar refractivity (Wildman–Crippen MR) is 93.4 cm³/mol. The fraction of sp³-hybridized carbons (Fsp3) is 1.00. The van der Waals surface area contributed by atoms with Gasteiger partial charge in [0.1, 0.15) is 0 Å². The van der Waals surface area contributed by atoms with Crippen LogP contribution >= 0.6 is 24.8 Å². The Morgan fingerprint density at radius 3 is 1.86 bits per heavy atom. The molecular formula is C11H27NO5P2S2. The van der Waals surface area contributed by atoms with Crippen LogP contribution in [-0.4, -0.2) is 50.4 Å². The van der Waals surface area contributed by atoms with Crippen LogP contribution in [0.25, 0.3) is 0 Å². The van der Waals surface area contributed by atoms with Crippen LogP contribution in [0.15, 0.2) is 0 Å². The van der Waals surface area contributed by atoms with Crippen molar-refractivity contribution in [3.8, 4) is 0 Å². The van der Waals surface area contributed by atoms with E-state index >= 15 is 0 Å². The number of hydrogen-bond donors (Lipinski definition) is 0. The lowest BCUT2D eigenvalue weighted by atomic mass is 10.5. The van der Waals surface area contributed by atoms with Gasteiger partial charge >= 0.3 is 7.75 Å². The molecule has 0 unspecified atom stereocenters. The van der Waals surface area contributed by atoms with E-state index in [4.69, 9.17) is 29.9 Å². The summed E-state index contributed by atoms with van der Waals surface area (Å²) in [5, 5.41) is 0. The van der Waals surface area contributed by atoms with Gasteiger partial charge in [-0.2, -0.15) is 0 Å². The highest BCUT2D eigenvalue weighted by Gasteiger charge is 2.33. The van der Waals surface area contributed by atoms with Gasteiger partial charge in [0, 0.05) is 26.5 Å². The van der Waals surface area contributed by atoms with Crippen LogP contribution in [0.1, 0.15) is 27.7 Å². The molecule has 0 aliphatic heterocycles. The maximum atomic E-state index is 12.8. The minimum Gasteiger partial charge on any atom is -0.325 e. The Balaban J connectivity index is 4.65. The zero-order chi connectivity index (χ0) is 16.7. The van der Waals surface area contributed by atoms with Gasteiger partial charge in [0.05, 0.1) is 12.2 Å². The van der Waals surface area contributed by atoms with E-state index in [1.165, 1.54) is 25.6 Å². The normalized spacial score (nSPS) is 13.6. The fourth-order valence-corrected chi connectivity index (χ4v) is 6.38. The van der Waals surface area contributed by atoms with E-state index in [0.29, 0.717) is 12.3 Å². The van der Waals surface area contributed by atoms with Gasteiger partial charge in [0.25, 0.3) is 0 Å². The third-order valence-electron chi connectivity index (χ3n) is 2.22. The van der Waals surface area contributed by atoms with E-state index < -0.39 is 13.4 Å². The first-order chi connectivity index (χ1) is 9.58. The van der Waals surface area contributed by atoms with Gasteiger partial charge in [-0.15, -0.1) is 0 Å². The maximum absolute atomic E-state index is 12.8. The lowest BCUT2D eigenvalue weighted by molar-refractivity contribution is 0.113. The molecule has 6 nitrogen and oxygen atoms in total. The Kier molecular flexibility index (Phi) is 10.5. The van der Waals surface area contributed by atoms with Crippen molar-refractivity contribution in [2.75, 3.05) is 33.6 Å². The van der Waals surface area contributed by atoms with Crippen LogP contribution in [0.4, 0.5) is 0 Å². The second-order valence-electron chi connectivity index (χ2n) is 4.80. The molecule has 0 radical (unpaired) electrons. The van der Waals surface area contributed by atoms with Gasteiger partial charge in [-0.25, -0.2) is 9.24 Å². The standard InChI is InChI=1S/C11H27NO5P2S2/c1-10(2)16-18(13,17-11(3)4)12(5)8-9-21-19(20,14-6)15-7/h10-11H,8-9H2,1-7H3. The minimum atomic E-state index is -3.30. The zero-order valence-corrected chi connectivity index (χ0v) is 17.2. The van der Waals surface area contributed by atoms with Gasteiger partial charge in [0.15, 0.2) is 0 Å². The van der Waals surface area contributed by atoms with Crippen molar-refractivity contribution in [1.29, 1.82) is 0 Å². The molecule has 0 aromatic heterocycles. The molecule has 0 aromatic rings. The highest BCUT2D eigenvalue weighted by Crippen LogP contribution is 2.60. The van der Waals surface area contributed by atoms with E-state index in [0.717, 1.165) is 0 Å². The van der Waals surface area contributed by atoms with E-state index in [2.05, 4.69) is 0 Å². The molecule has 21 heavy (non-hydrogen) atoms. The summed E-state index contributed by atoms with van der Waals surface area (Å²) in [6, 6.07) is 0. The first kappa shape index (κ1) is 22.0. The monoisotopic (exact) mass is 379 g/mol. The molecule has 0 aromatic carbocycles. The molecule has 0 rings (SSSR count). The first-order valence-electron chi connectivity index (χ1n) is 6.63. The number of rotatable bonds is 11. The smallest absolute Gasteiger partial charge is 0.325 e. The molecule has 0 N–H and O–H groups in total. The Bertz CT molecular complexity index is 373. The fourth-order valence-electron chi connectivity index (χ4n) is 1.31. The Hall–Kier alpha value is 1.03. The van der Waals surface area contributed by atoms with E-state index in [1.54, 1.807) is 11.7 Å². The van der Waals surface area contributed by atoms with Crippen molar-refractivity contribution in [3.05, 3.63) is 0 Å². The quantitative estimate of drug-likeness (QED) is 0.497. The lowest BCUT2D eigenvalue weighted by Crippen LogP contribution is -2.24. The molecule has 0 fully saturated rings. The summed E-state index contributed by atoms with van der Waals surface area (Å²) >= 11 is 6.68. The largest absolute Gasteiger partial charge is 0.408 e. The highest BCUT2D eigenvalue weighted by atomic mass is 32.9. The zero-order valence-electron chi connectivity index (χ0n) is 13.8. The minimum absolute atomic E-state index is 0.187. The van der Waals surface area contributed by atoms with Gasteiger partial charge in [0.2, 0.25) is 5.69 Å². The summed E-state index contributed by atoms with van der Waals surface area (Å²) in [5.74, 6) is 0.613. The first-order valence-corrected chi connectivity index (χ1v) is 12.4. The molecule has 0 bridgehead atoms. The summed E-state index contributed by atoms with van der Waals surface area (Å²) in [6.07, 6.45) is -0.374. The van der Waals surface area contributed by atoms with Gasteiger partial charge in [-0.1, -0.05) is 11.4 Å². The van der Waals surface area contributed by atoms with E-state index in [9.17, 15) is 4.57 Å². The van der Waals surface area contributed by atoms with Crippen LogP contribution in [0.2, 0.25) is 0 Å². The SMILES string of the molecule is COP(=S)(OC)SCCN(C)P(=O)(OC(C)C)OC(C)C. The van der Waals surface area contributed by atoms with E-state index in [-0.39, 0.29) is 12.2 Å². The molecule has 128 valence electrons. The average Bonchev–Trinajstić information content (AvgIpc) is 2.36. The van der Waals surface area contributed by atoms with Crippen LogP contribution in [0.3, 0.4) is 0 Å². The maximum Gasteiger partial charge on any atom is 0.408 e. The number of hydrogen-bond acceptors (Lipinski definition) is 7. The second-order valence-corrected chi connectivity index (χ2v) is 13.5. The Morgan fingerprint density at radius 1 is 1.10 bits per heavy atom. The molecule has 0 aliphatic carbocycles. The van der Waals surface area contributed by atoms with Crippen molar-refractivity contribution >= 4 is 36.6 Å². The molecule has 0 saturated carbocycles. The number of nitrogens with zero attached hydrogens (tertiary/aromatic N) is 1. The van der Waals surface area contributed by atoms with Gasteiger partial charge in [-0.3, -0.25) is 9.05 Å². The van der Waals surface area contributed by atoms with Crippen LogP contribution in [-0.2, 0) is 34.5 Å². The summed E-state index contributed by atoms with van der Waals surface area (Å²) in [7, 11) is 1.49. The molecule has 0 aliphatic rings. The summed E-state index contributed by atoms with van der Waals surface area (Å²) in [6.45, 7) is 7.80. The molecule has 0 spiro atoms. The van der Waals surface area contributed by atoms with Crippen LogP contribution < -0.4 is 0 Å². The van der Waals surface area contributed by atoms with Crippen molar-refractivity contribution in [3.63, 3.8) is 0 Å². The van der Waals surface area contributed by atoms with Crippen molar-refractivity contribution in [2.24, 2.45) is 0 Å². The molecule has 0 atom stereocenters. The van der Waals surface area contributed by atoms with Crippen LogP contribution in [0, 0.1) is 0 Å². The molecular weight excluding hydrogens is 352 g/mol. The summed E-state index contributed by atoms with van der Waals surface area (Å²) in [5.41, 5.74) is -2.29. The average molecular weight is 379 g/mol. The third kappa shape index (κ3) is 8.45. The topological polar surface area (TPSA) is 57.2 Å².